The van der Waals surface area contributed by atoms with Crippen molar-refractivity contribution in [2.75, 3.05) is 0 Å². The highest BCUT2D eigenvalue weighted by molar-refractivity contribution is 8.00. The topological polar surface area (TPSA) is 12.4 Å². The summed E-state index contributed by atoms with van der Waals surface area (Å²) in [6, 6.07) is 0. The van der Waals surface area contributed by atoms with E-state index >= 15 is 0 Å². The van der Waals surface area contributed by atoms with Gasteiger partial charge in [-0.25, -0.2) is 4.40 Å². The van der Waals surface area contributed by atoms with Gasteiger partial charge in [0.2, 0.25) is 0 Å². The van der Waals surface area contributed by atoms with Crippen LogP contribution in [-0.4, -0.2) is 11.6 Å². The molecule has 0 saturated carbocycles. The van der Waals surface area contributed by atoms with Gasteiger partial charge in [-0.3, -0.25) is 0 Å². The molecule has 1 unspecified atom stereocenters. The zero-order valence-electron chi connectivity index (χ0n) is 2.97. The molecule has 0 spiro atoms. The maximum atomic E-state index is 5.49. The van der Waals surface area contributed by atoms with Gasteiger partial charge in [0.05, 0.1) is 11.1 Å². The number of hydrogen-bond donors (Lipinski definition) is 0. The van der Waals surface area contributed by atoms with Crippen molar-refractivity contribution in [1.82, 2.24) is 0 Å². The van der Waals surface area contributed by atoms with Gasteiger partial charge < -0.3 is 0 Å². The Morgan fingerprint density at radius 1 is 1.83 bits per heavy atom. The average Bonchev–Trinajstić information content (AvgIpc) is 1.86. The van der Waals surface area contributed by atoms with E-state index in [1.54, 1.807) is 6.21 Å². The molecule has 0 aromatic rings. The summed E-state index contributed by atoms with van der Waals surface area (Å²) in [6.45, 7) is 0. The van der Waals surface area contributed by atoms with E-state index in [2.05, 4.69) is 4.40 Å². The third kappa shape index (κ3) is 0.884. The molecule has 6 heavy (non-hydrogen) atoms. The molecule has 1 rings (SSSR count). The first-order chi connectivity index (χ1) is 2.89. The van der Waals surface area contributed by atoms with E-state index in [4.69, 9.17) is 11.6 Å². The minimum atomic E-state index is 0.0648. The lowest BCUT2D eigenvalue weighted by Crippen LogP contribution is -1.88. The van der Waals surface area contributed by atoms with Crippen molar-refractivity contribution in [2.24, 2.45) is 4.40 Å². The Kier molecular flexibility index (Phi) is 1.37. The quantitative estimate of drug-likeness (QED) is 0.349. The standard InChI is InChI=1S/C3H3ClNS/c4-3-1-5-6-2-3/h1-3H. The number of nitrogens with zero attached hydrogens (tertiary/aromatic N) is 1. The zero-order valence-corrected chi connectivity index (χ0v) is 4.54. The van der Waals surface area contributed by atoms with Crippen LogP contribution in [0, 0.1) is 5.75 Å². The van der Waals surface area contributed by atoms with Crippen molar-refractivity contribution in [3.63, 3.8) is 0 Å². The molecule has 1 aliphatic rings. The molecule has 1 radical (unpaired) electrons. The summed E-state index contributed by atoms with van der Waals surface area (Å²) >= 11 is 6.88. The summed E-state index contributed by atoms with van der Waals surface area (Å²) in [5.74, 6) is 1.86. The minimum Gasteiger partial charge on any atom is -0.227 e. The normalized spacial score (nSPS) is 31.8. The van der Waals surface area contributed by atoms with Crippen LogP contribution in [-0.2, 0) is 0 Å². The molecule has 1 atom stereocenters. The van der Waals surface area contributed by atoms with Gasteiger partial charge in [-0.2, -0.15) is 0 Å². The van der Waals surface area contributed by atoms with E-state index in [0.717, 1.165) is 0 Å². The molecular formula is C3H3ClNS. The van der Waals surface area contributed by atoms with Gasteiger partial charge >= 0.3 is 0 Å². The van der Waals surface area contributed by atoms with E-state index in [1.807, 2.05) is 5.75 Å². The highest BCUT2D eigenvalue weighted by Gasteiger charge is 2.05. The Balaban J connectivity index is 2.38. The van der Waals surface area contributed by atoms with E-state index in [-0.39, 0.29) is 5.38 Å². The van der Waals surface area contributed by atoms with Crippen LogP contribution >= 0.6 is 23.5 Å². The lowest BCUT2D eigenvalue weighted by atomic mass is 10.5. The van der Waals surface area contributed by atoms with Crippen LogP contribution in [0.1, 0.15) is 0 Å². The Labute approximate surface area is 45.9 Å². The van der Waals surface area contributed by atoms with E-state index in [0.29, 0.717) is 0 Å². The third-order valence-corrected chi connectivity index (χ3v) is 1.50. The monoisotopic (exact) mass is 120 g/mol. The van der Waals surface area contributed by atoms with E-state index in [1.165, 1.54) is 11.9 Å². The third-order valence-electron chi connectivity index (χ3n) is 0.455. The Morgan fingerprint density at radius 3 is 2.83 bits per heavy atom. The summed E-state index contributed by atoms with van der Waals surface area (Å²) in [5, 5.41) is 0.0648. The molecule has 1 aliphatic heterocycles. The Bertz CT molecular complexity index is 73.2. The van der Waals surface area contributed by atoms with Gasteiger partial charge in [-0.15, -0.1) is 11.6 Å². The summed E-state index contributed by atoms with van der Waals surface area (Å²) in [7, 11) is 0. The first-order valence-electron chi connectivity index (χ1n) is 1.56. The summed E-state index contributed by atoms with van der Waals surface area (Å²) in [5.41, 5.74) is 0. The molecule has 1 nitrogen and oxygen atoms in total. The van der Waals surface area contributed by atoms with Crippen molar-refractivity contribution in [3.8, 4) is 0 Å². The molecule has 1 heterocycles. The molecule has 3 heteroatoms. The fourth-order valence-electron chi connectivity index (χ4n) is 0.222. The number of alkyl halides is 1. The molecule has 0 aromatic carbocycles. The summed E-state index contributed by atoms with van der Waals surface area (Å²) < 4.78 is 3.77. The van der Waals surface area contributed by atoms with E-state index in [9.17, 15) is 0 Å². The number of halogens is 1. The van der Waals surface area contributed by atoms with Crippen LogP contribution < -0.4 is 0 Å². The lowest BCUT2D eigenvalue weighted by molar-refractivity contribution is 1.54. The molecule has 0 fully saturated rings. The van der Waals surface area contributed by atoms with Crippen molar-refractivity contribution in [3.05, 3.63) is 5.75 Å². The number of rotatable bonds is 0. The second kappa shape index (κ2) is 1.85. The van der Waals surface area contributed by atoms with Gasteiger partial charge in [0.1, 0.15) is 0 Å². The van der Waals surface area contributed by atoms with Crippen LogP contribution in [0.4, 0.5) is 0 Å². The predicted octanol–water partition coefficient (Wildman–Crippen LogP) is 1.49. The highest BCUT2D eigenvalue weighted by Crippen LogP contribution is 2.19. The van der Waals surface area contributed by atoms with Crippen molar-refractivity contribution in [2.45, 2.75) is 5.38 Å². The fraction of sp³-hybridized carbons (Fsp3) is 0.333. The van der Waals surface area contributed by atoms with Crippen LogP contribution in [0.5, 0.6) is 0 Å². The van der Waals surface area contributed by atoms with E-state index < -0.39 is 0 Å². The fourth-order valence-corrected chi connectivity index (χ4v) is 0.941. The average molecular weight is 121 g/mol. The molecule has 0 saturated heterocycles. The maximum absolute atomic E-state index is 5.49. The minimum absolute atomic E-state index is 0.0648. The highest BCUT2D eigenvalue weighted by atomic mass is 35.5. The van der Waals surface area contributed by atoms with Gasteiger partial charge in [-0.1, -0.05) is 0 Å². The zero-order chi connectivity index (χ0) is 4.41. The largest absolute Gasteiger partial charge is 0.227 e. The molecule has 0 amide bonds. The van der Waals surface area contributed by atoms with Crippen LogP contribution in [0.25, 0.3) is 0 Å². The van der Waals surface area contributed by atoms with Gasteiger partial charge in [0, 0.05) is 6.21 Å². The first kappa shape index (κ1) is 4.47. The number of hydrogen-bond acceptors (Lipinski definition) is 2. The predicted molar refractivity (Wildman–Crippen MR) is 30.0 cm³/mol. The Morgan fingerprint density at radius 2 is 2.67 bits per heavy atom. The Hall–Kier alpha value is 0.310. The maximum Gasteiger partial charge on any atom is 0.0843 e. The van der Waals surface area contributed by atoms with Crippen LogP contribution in [0.3, 0.4) is 0 Å². The second-order valence-corrected chi connectivity index (χ2v) is 2.14. The van der Waals surface area contributed by atoms with Crippen molar-refractivity contribution >= 4 is 29.8 Å². The summed E-state index contributed by atoms with van der Waals surface area (Å²) in [6.07, 6.45) is 1.70. The smallest absolute Gasteiger partial charge is 0.0843 e. The SMILES string of the molecule is ClC1[CH]SN=C1. The molecule has 33 valence electrons. The van der Waals surface area contributed by atoms with Gasteiger partial charge in [0.15, 0.2) is 0 Å². The first-order valence-corrected chi connectivity index (χ1v) is 2.83. The summed E-state index contributed by atoms with van der Waals surface area (Å²) in [4.78, 5) is 0. The molecule has 0 aliphatic carbocycles. The molecule has 0 bridgehead atoms. The molecule has 0 aromatic heterocycles. The van der Waals surface area contributed by atoms with Crippen LogP contribution in [0.15, 0.2) is 4.40 Å². The lowest BCUT2D eigenvalue weighted by Gasteiger charge is -1.81. The van der Waals surface area contributed by atoms with Gasteiger partial charge in [0.25, 0.3) is 0 Å². The van der Waals surface area contributed by atoms with Crippen LogP contribution in [0.2, 0.25) is 0 Å². The second-order valence-electron chi connectivity index (χ2n) is 0.940. The van der Waals surface area contributed by atoms with Crippen molar-refractivity contribution < 1.29 is 0 Å². The van der Waals surface area contributed by atoms with Crippen molar-refractivity contribution in [1.29, 1.82) is 0 Å². The molecular weight excluding hydrogens is 118 g/mol. The van der Waals surface area contributed by atoms with Gasteiger partial charge in [-0.05, 0) is 11.9 Å². The molecule has 0 N–H and O–H groups in total.